The lowest BCUT2D eigenvalue weighted by atomic mass is 10.1. The Morgan fingerprint density at radius 1 is 0.862 bits per heavy atom. The third-order valence-corrected chi connectivity index (χ3v) is 8.53. The molecule has 4 heteroatoms. The van der Waals surface area contributed by atoms with Crippen LogP contribution in [0.15, 0.2) is 30.3 Å². The second-order valence-electron chi connectivity index (χ2n) is 9.28. The smallest absolute Gasteiger partial charge is 0.223 e. The van der Waals surface area contributed by atoms with Crippen molar-refractivity contribution in [1.82, 2.24) is 4.90 Å². The van der Waals surface area contributed by atoms with Crippen LogP contribution in [0.4, 0.5) is 0 Å². The van der Waals surface area contributed by atoms with E-state index >= 15 is 0 Å². The molecule has 0 N–H and O–H groups in total. The minimum Gasteiger partial charge on any atom is -0.342 e. The van der Waals surface area contributed by atoms with E-state index in [9.17, 15) is 9.36 Å². The zero-order valence-electron chi connectivity index (χ0n) is 19.5. The molecule has 1 aromatic carbocycles. The molecule has 0 saturated heterocycles. The van der Waals surface area contributed by atoms with E-state index in [0.717, 1.165) is 37.4 Å². The fourth-order valence-corrected chi connectivity index (χ4v) is 6.55. The van der Waals surface area contributed by atoms with Crippen molar-refractivity contribution in [2.45, 2.75) is 79.6 Å². The van der Waals surface area contributed by atoms with Gasteiger partial charge in [0, 0.05) is 37.1 Å². The van der Waals surface area contributed by atoms with E-state index in [2.05, 4.69) is 34.6 Å². The maximum absolute atomic E-state index is 13.9. The first-order chi connectivity index (χ1) is 13.8. The van der Waals surface area contributed by atoms with Gasteiger partial charge in [0.25, 0.3) is 0 Å². The fraction of sp³-hybridized carbons (Fsp3) is 0.720. The van der Waals surface area contributed by atoms with Crippen LogP contribution in [0.25, 0.3) is 0 Å². The quantitative estimate of drug-likeness (QED) is 0.237. The van der Waals surface area contributed by atoms with Gasteiger partial charge in [0.05, 0.1) is 0 Å². The number of nitrogens with zero attached hydrogens (tertiary/aromatic N) is 1. The summed E-state index contributed by atoms with van der Waals surface area (Å²) in [6.45, 7) is 12.4. The van der Waals surface area contributed by atoms with Crippen molar-refractivity contribution in [3.63, 3.8) is 0 Å². The lowest BCUT2D eigenvalue weighted by Gasteiger charge is -2.27. The van der Waals surface area contributed by atoms with Crippen molar-refractivity contribution < 1.29 is 9.36 Å². The molecule has 1 atom stereocenters. The SMILES string of the molecule is CCCCCCCCP(=O)(CCC(=O)N(CC(C)C)CC(C)C)c1ccccc1. The third kappa shape index (κ3) is 10.5. The molecule has 0 spiro atoms. The summed E-state index contributed by atoms with van der Waals surface area (Å²) >= 11 is 0. The lowest BCUT2D eigenvalue weighted by molar-refractivity contribution is -0.131. The van der Waals surface area contributed by atoms with E-state index in [4.69, 9.17) is 0 Å². The Labute approximate surface area is 180 Å². The molecule has 0 aliphatic rings. The molecule has 1 unspecified atom stereocenters. The summed E-state index contributed by atoms with van der Waals surface area (Å²) in [5.41, 5.74) is 0. The van der Waals surface area contributed by atoms with Crippen LogP contribution in [-0.4, -0.2) is 36.2 Å². The molecule has 3 nitrogen and oxygen atoms in total. The minimum absolute atomic E-state index is 0.159. The summed E-state index contributed by atoms with van der Waals surface area (Å²) < 4.78 is 13.9. The first-order valence-corrected chi connectivity index (χ1v) is 13.8. The summed E-state index contributed by atoms with van der Waals surface area (Å²) in [6, 6.07) is 9.88. The summed E-state index contributed by atoms with van der Waals surface area (Å²) in [4.78, 5) is 14.9. The van der Waals surface area contributed by atoms with Gasteiger partial charge in [0.1, 0.15) is 7.14 Å². The topological polar surface area (TPSA) is 37.4 Å². The molecule has 0 heterocycles. The first-order valence-electron chi connectivity index (χ1n) is 11.7. The molecule has 1 amide bonds. The van der Waals surface area contributed by atoms with Crippen molar-refractivity contribution in [2.75, 3.05) is 25.4 Å². The van der Waals surface area contributed by atoms with Gasteiger partial charge in [0.2, 0.25) is 5.91 Å². The molecule has 0 fully saturated rings. The molecule has 1 aromatic rings. The van der Waals surface area contributed by atoms with E-state index in [0.29, 0.717) is 24.4 Å². The van der Waals surface area contributed by atoms with Crippen LogP contribution >= 0.6 is 7.14 Å². The molecule has 0 radical (unpaired) electrons. The van der Waals surface area contributed by atoms with Gasteiger partial charge in [0.15, 0.2) is 0 Å². The number of hydrogen-bond donors (Lipinski definition) is 0. The van der Waals surface area contributed by atoms with Gasteiger partial charge in [-0.2, -0.15) is 0 Å². The van der Waals surface area contributed by atoms with Crippen LogP contribution in [0.2, 0.25) is 0 Å². The van der Waals surface area contributed by atoms with Gasteiger partial charge in [-0.25, -0.2) is 0 Å². The van der Waals surface area contributed by atoms with Crippen LogP contribution in [0.5, 0.6) is 0 Å². The summed E-state index contributed by atoms with van der Waals surface area (Å²) in [6.07, 6.45) is 8.76. The van der Waals surface area contributed by atoms with Gasteiger partial charge in [-0.15, -0.1) is 0 Å². The number of hydrogen-bond acceptors (Lipinski definition) is 2. The van der Waals surface area contributed by atoms with Crippen molar-refractivity contribution in [3.8, 4) is 0 Å². The zero-order valence-corrected chi connectivity index (χ0v) is 20.4. The highest BCUT2D eigenvalue weighted by Crippen LogP contribution is 2.46. The monoisotopic (exact) mass is 421 g/mol. The molecule has 0 aliphatic heterocycles. The average molecular weight is 422 g/mol. The molecule has 0 aromatic heterocycles. The van der Waals surface area contributed by atoms with Crippen molar-refractivity contribution in [2.24, 2.45) is 11.8 Å². The van der Waals surface area contributed by atoms with Crippen LogP contribution in [0.3, 0.4) is 0 Å². The Balaban J connectivity index is 2.75. The Kier molecular flexibility index (Phi) is 12.5. The Hall–Kier alpha value is -1.08. The molecular weight excluding hydrogens is 377 g/mol. The van der Waals surface area contributed by atoms with Gasteiger partial charge in [-0.05, 0) is 18.3 Å². The number of rotatable bonds is 15. The predicted octanol–water partition coefficient (Wildman–Crippen LogP) is 6.57. The highest BCUT2D eigenvalue weighted by molar-refractivity contribution is 7.71. The largest absolute Gasteiger partial charge is 0.342 e. The third-order valence-electron chi connectivity index (χ3n) is 5.31. The number of amides is 1. The molecule has 0 bridgehead atoms. The summed E-state index contributed by atoms with van der Waals surface area (Å²) in [7, 11) is -2.54. The number of carbonyl (C=O) groups is 1. The van der Waals surface area contributed by atoms with Gasteiger partial charge in [-0.1, -0.05) is 97.1 Å². The molecule has 0 saturated carbocycles. The Morgan fingerprint density at radius 2 is 1.41 bits per heavy atom. The van der Waals surface area contributed by atoms with E-state index in [1.54, 1.807) is 0 Å². The van der Waals surface area contributed by atoms with Crippen molar-refractivity contribution >= 4 is 18.4 Å². The summed E-state index contributed by atoms with van der Waals surface area (Å²) in [5.74, 6) is 1.05. The Morgan fingerprint density at radius 3 is 1.97 bits per heavy atom. The van der Waals surface area contributed by atoms with Crippen LogP contribution < -0.4 is 5.30 Å². The summed E-state index contributed by atoms with van der Waals surface area (Å²) in [5, 5.41) is 0.945. The van der Waals surface area contributed by atoms with Gasteiger partial charge >= 0.3 is 0 Å². The zero-order chi connectivity index (χ0) is 21.7. The van der Waals surface area contributed by atoms with E-state index < -0.39 is 7.14 Å². The second kappa shape index (κ2) is 14.0. The molecule has 166 valence electrons. The molecular formula is C25H44NO2P. The highest BCUT2D eigenvalue weighted by Gasteiger charge is 2.26. The molecule has 1 rings (SSSR count). The van der Waals surface area contributed by atoms with Gasteiger partial charge < -0.3 is 9.46 Å². The van der Waals surface area contributed by atoms with Crippen LogP contribution in [-0.2, 0) is 9.36 Å². The Bertz CT molecular complexity index is 603. The second-order valence-corrected chi connectivity index (χ2v) is 12.5. The van der Waals surface area contributed by atoms with Crippen molar-refractivity contribution in [3.05, 3.63) is 30.3 Å². The van der Waals surface area contributed by atoms with E-state index in [-0.39, 0.29) is 5.91 Å². The van der Waals surface area contributed by atoms with Gasteiger partial charge in [-0.3, -0.25) is 4.79 Å². The highest BCUT2D eigenvalue weighted by atomic mass is 31.2. The van der Waals surface area contributed by atoms with Crippen LogP contribution in [0, 0.1) is 11.8 Å². The maximum atomic E-state index is 13.9. The number of carbonyl (C=O) groups excluding carboxylic acids is 1. The maximum Gasteiger partial charge on any atom is 0.223 e. The molecule has 0 aliphatic carbocycles. The number of unbranched alkanes of at least 4 members (excludes halogenated alkanes) is 5. The first kappa shape index (κ1) is 26.0. The fourth-order valence-electron chi connectivity index (χ4n) is 3.81. The lowest BCUT2D eigenvalue weighted by Crippen LogP contribution is -2.37. The van der Waals surface area contributed by atoms with E-state index in [1.807, 2.05) is 35.2 Å². The molecule has 29 heavy (non-hydrogen) atoms. The minimum atomic E-state index is -2.54. The standard InChI is InChI=1S/C25H44NO2P/c1-6-7-8-9-10-14-18-29(28,24-15-12-11-13-16-24)19-17-25(27)26(20-22(2)3)21-23(4)5/h11-13,15-16,22-23H,6-10,14,17-21H2,1-5H3. The van der Waals surface area contributed by atoms with Crippen LogP contribution in [0.1, 0.15) is 79.6 Å². The number of benzene rings is 1. The van der Waals surface area contributed by atoms with Crippen molar-refractivity contribution in [1.29, 1.82) is 0 Å². The van der Waals surface area contributed by atoms with E-state index in [1.165, 1.54) is 25.7 Å². The normalized spacial score (nSPS) is 13.6. The predicted molar refractivity (Wildman–Crippen MR) is 128 cm³/mol. The average Bonchev–Trinajstić information content (AvgIpc) is 2.68.